The zero-order valence-electron chi connectivity index (χ0n) is 11.3. The van der Waals surface area contributed by atoms with E-state index >= 15 is 0 Å². The summed E-state index contributed by atoms with van der Waals surface area (Å²) < 4.78 is 20.5. The molecule has 0 spiro atoms. The predicted molar refractivity (Wildman–Crippen MR) is 66.3 cm³/mol. The summed E-state index contributed by atoms with van der Waals surface area (Å²) in [6, 6.07) is 0. The van der Waals surface area contributed by atoms with Crippen molar-refractivity contribution in [1.82, 2.24) is 0 Å². The van der Waals surface area contributed by atoms with Crippen molar-refractivity contribution in [3.05, 3.63) is 12.2 Å². The van der Waals surface area contributed by atoms with Gasteiger partial charge in [0.15, 0.2) is 6.10 Å². The average molecular weight is 272 g/mol. The third-order valence-corrected chi connectivity index (χ3v) is 2.45. The van der Waals surface area contributed by atoms with E-state index in [-0.39, 0.29) is 12.2 Å². The van der Waals surface area contributed by atoms with Crippen molar-refractivity contribution in [3.63, 3.8) is 0 Å². The molecule has 0 N–H and O–H groups in total. The first-order valence-electron chi connectivity index (χ1n) is 6.27. The number of carbonyl (C=O) groups excluding carboxylic acids is 2. The van der Waals surface area contributed by atoms with Crippen molar-refractivity contribution in [2.45, 2.75) is 39.1 Å². The lowest BCUT2D eigenvalue weighted by atomic mass is 10.3. The molecule has 1 rings (SSSR count). The molecule has 1 fully saturated rings. The topological polar surface area (TPSA) is 71.1 Å². The van der Waals surface area contributed by atoms with Crippen LogP contribution in [-0.2, 0) is 28.5 Å². The van der Waals surface area contributed by atoms with Gasteiger partial charge in [0.05, 0.1) is 6.61 Å². The Bertz CT molecular complexity index is 330. The van der Waals surface area contributed by atoms with Gasteiger partial charge in [-0.05, 0) is 26.7 Å². The zero-order valence-corrected chi connectivity index (χ0v) is 11.3. The number of hydrogen-bond donors (Lipinski definition) is 0. The van der Waals surface area contributed by atoms with E-state index in [0.717, 1.165) is 12.8 Å². The van der Waals surface area contributed by atoms with Crippen molar-refractivity contribution >= 4 is 11.9 Å². The lowest BCUT2D eigenvalue weighted by molar-refractivity contribution is -0.204. The maximum absolute atomic E-state index is 11.7. The number of hydrogen-bond acceptors (Lipinski definition) is 6. The monoisotopic (exact) mass is 272 g/mol. The number of ether oxygens (including phenoxy) is 4. The second-order valence-electron chi connectivity index (χ2n) is 4.35. The van der Waals surface area contributed by atoms with Crippen LogP contribution in [0.3, 0.4) is 0 Å². The summed E-state index contributed by atoms with van der Waals surface area (Å²) in [6.45, 7) is 7.70. The van der Waals surface area contributed by atoms with E-state index in [0.29, 0.717) is 13.2 Å². The van der Waals surface area contributed by atoms with Gasteiger partial charge < -0.3 is 18.9 Å². The van der Waals surface area contributed by atoms with Gasteiger partial charge in [-0.2, -0.15) is 0 Å². The zero-order chi connectivity index (χ0) is 14.3. The highest BCUT2D eigenvalue weighted by atomic mass is 16.7. The fourth-order valence-electron chi connectivity index (χ4n) is 1.35. The van der Waals surface area contributed by atoms with E-state index < -0.39 is 24.3 Å². The Morgan fingerprint density at radius 2 is 2.00 bits per heavy atom. The summed E-state index contributed by atoms with van der Waals surface area (Å²) >= 11 is 0. The molecule has 0 radical (unpaired) electrons. The van der Waals surface area contributed by atoms with E-state index in [1.54, 1.807) is 0 Å². The Kier molecular flexibility index (Phi) is 6.52. The van der Waals surface area contributed by atoms with Gasteiger partial charge >= 0.3 is 11.9 Å². The Labute approximate surface area is 112 Å². The van der Waals surface area contributed by atoms with Crippen LogP contribution in [0, 0.1) is 0 Å². The van der Waals surface area contributed by atoms with Crippen LogP contribution in [0.1, 0.15) is 26.7 Å². The second-order valence-corrected chi connectivity index (χ2v) is 4.35. The fourth-order valence-corrected chi connectivity index (χ4v) is 1.35. The fraction of sp³-hybridized carbons (Fsp3) is 0.692. The van der Waals surface area contributed by atoms with Crippen LogP contribution in [0.25, 0.3) is 0 Å². The SMILES string of the molecule is C=C(C)C(=O)OC(C)C(=O)OC1COCCCCO1. The van der Waals surface area contributed by atoms with Crippen LogP contribution in [0.5, 0.6) is 0 Å². The van der Waals surface area contributed by atoms with Crippen LogP contribution in [0.15, 0.2) is 12.2 Å². The molecular weight excluding hydrogens is 252 g/mol. The smallest absolute Gasteiger partial charge is 0.349 e. The van der Waals surface area contributed by atoms with E-state index in [2.05, 4.69) is 6.58 Å². The highest BCUT2D eigenvalue weighted by Gasteiger charge is 2.24. The third-order valence-electron chi connectivity index (χ3n) is 2.45. The highest BCUT2D eigenvalue weighted by Crippen LogP contribution is 2.07. The van der Waals surface area contributed by atoms with Crippen molar-refractivity contribution in [1.29, 1.82) is 0 Å². The first-order valence-corrected chi connectivity index (χ1v) is 6.27. The van der Waals surface area contributed by atoms with E-state index in [1.807, 2.05) is 0 Å². The number of carbonyl (C=O) groups is 2. The standard InChI is InChI=1S/C13H20O6/c1-9(2)12(14)18-10(3)13(15)19-11-8-16-6-4-5-7-17-11/h10-11H,1,4-8H2,2-3H3. The van der Waals surface area contributed by atoms with Gasteiger partial charge in [-0.3, -0.25) is 0 Å². The lowest BCUT2D eigenvalue weighted by Gasteiger charge is -2.22. The van der Waals surface area contributed by atoms with Gasteiger partial charge in [0, 0.05) is 12.2 Å². The molecule has 2 unspecified atom stereocenters. The molecule has 1 aliphatic rings. The molecule has 1 heterocycles. The van der Waals surface area contributed by atoms with Crippen LogP contribution < -0.4 is 0 Å². The third kappa shape index (κ3) is 5.85. The Hall–Kier alpha value is -1.40. The van der Waals surface area contributed by atoms with Gasteiger partial charge in [-0.25, -0.2) is 9.59 Å². The molecule has 1 aliphatic heterocycles. The molecule has 108 valence electrons. The van der Waals surface area contributed by atoms with Gasteiger partial charge in [0.1, 0.15) is 6.61 Å². The first-order chi connectivity index (χ1) is 9.00. The minimum atomic E-state index is -1.00. The summed E-state index contributed by atoms with van der Waals surface area (Å²) in [5.74, 6) is -1.29. The van der Waals surface area contributed by atoms with E-state index in [9.17, 15) is 9.59 Å². The predicted octanol–water partition coefficient (Wildman–Crippen LogP) is 1.19. The molecule has 0 bridgehead atoms. The normalized spacial score (nSPS) is 21.7. The molecule has 0 aliphatic carbocycles. The van der Waals surface area contributed by atoms with E-state index in [4.69, 9.17) is 18.9 Å². The molecule has 2 atom stereocenters. The lowest BCUT2D eigenvalue weighted by Crippen LogP contribution is -2.34. The summed E-state index contributed by atoms with van der Waals surface area (Å²) in [7, 11) is 0. The number of esters is 2. The van der Waals surface area contributed by atoms with Crippen molar-refractivity contribution < 1.29 is 28.5 Å². The molecule has 0 aromatic rings. The molecule has 19 heavy (non-hydrogen) atoms. The first kappa shape index (κ1) is 15.7. The molecule has 0 aromatic carbocycles. The number of rotatable bonds is 4. The van der Waals surface area contributed by atoms with Crippen molar-refractivity contribution in [2.24, 2.45) is 0 Å². The molecule has 0 amide bonds. The second kappa shape index (κ2) is 7.91. The minimum absolute atomic E-state index is 0.187. The van der Waals surface area contributed by atoms with Gasteiger partial charge in [-0.15, -0.1) is 0 Å². The van der Waals surface area contributed by atoms with Crippen LogP contribution in [0.2, 0.25) is 0 Å². The summed E-state index contributed by atoms with van der Waals surface area (Å²) in [5, 5.41) is 0. The van der Waals surface area contributed by atoms with Crippen molar-refractivity contribution in [2.75, 3.05) is 19.8 Å². The van der Waals surface area contributed by atoms with Crippen LogP contribution in [-0.4, -0.2) is 44.2 Å². The quantitative estimate of drug-likeness (QED) is 0.565. The Morgan fingerprint density at radius 1 is 1.32 bits per heavy atom. The molecule has 0 aromatic heterocycles. The maximum Gasteiger partial charge on any atom is 0.349 e. The van der Waals surface area contributed by atoms with Gasteiger partial charge in [0.2, 0.25) is 6.29 Å². The molecule has 0 saturated carbocycles. The van der Waals surface area contributed by atoms with Crippen molar-refractivity contribution in [3.8, 4) is 0 Å². The molecule has 6 heteroatoms. The van der Waals surface area contributed by atoms with Gasteiger partial charge in [-0.1, -0.05) is 6.58 Å². The van der Waals surface area contributed by atoms with Gasteiger partial charge in [0.25, 0.3) is 0 Å². The van der Waals surface area contributed by atoms with E-state index in [1.165, 1.54) is 13.8 Å². The van der Waals surface area contributed by atoms with Crippen LogP contribution in [0.4, 0.5) is 0 Å². The molecular formula is C13H20O6. The summed E-state index contributed by atoms with van der Waals surface area (Å²) in [4.78, 5) is 23.0. The average Bonchev–Trinajstić information content (AvgIpc) is 2.31. The minimum Gasteiger partial charge on any atom is -0.447 e. The molecule has 6 nitrogen and oxygen atoms in total. The van der Waals surface area contributed by atoms with Crippen LogP contribution >= 0.6 is 0 Å². The maximum atomic E-state index is 11.7. The largest absolute Gasteiger partial charge is 0.447 e. The Balaban J connectivity index is 2.39. The Morgan fingerprint density at radius 3 is 2.68 bits per heavy atom. The summed E-state index contributed by atoms with van der Waals surface area (Å²) in [6.07, 6.45) is 0.0265. The highest BCUT2D eigenvalue weighted by molar-refractivity contribution is 5.89. The molecule has 1 saturated heterocycles. The summed E-state index contributed by atoms with van der Waals surface area (Å²) in [5.41, 5.74) is 0.227.